The summed E-state index contributed by atoms with van der Waals surface area (Å²) < 4.78 is 0. The van der Waals surface area contributed by atoms with Crippen molar-refractivity contribution >= 4 is 0 Å². The summed E-state index contributed by atoms with van der Waals surface area (Å²) in [7, 11) is 2.25. The lowest BCUT2D eigenvalue weighted by molar-refractivity contribution is 0.237. The van der Waals surface area contributed by atoms with Gasteiger partial charge in [0, 0.05) is 12.1 Å². The highest BCUT2D eigenvalue weighted by molar-refractivity contribution is 5.23. The summed E-state index contributed by atoms with van der Waals surface area (Å²) in [6.45, 7) is 3.23. The molecule has 0 bridgehead atoms. The molecule has 0 saturated heterocycles. The monoisotopic (exact) mass is 246 g/mol. The maximum atomic E-state index is 6.27. The molecule has 100 valence electrons. The van der Waals surface area contributed by atoms with E-state index in [4.69, 9.17) is 5.73 Å². The minimum absolute atomic E-state index is 0.175. The lowest BCUT2D eigenvalue weighted by Gasteiger charge is -2.25. The van der Waals surface area contributed by atoms with E-state index < -0.39 is 0 Å². The van der Waals surface area contributed by atoms with E-state index in [2.05, 4.69) is 43.1 Å². The molecule has 2 rings (SSSR count). The number of hydrogen-bond acceptors (Lipinski definition) is 2. The summed E-state index contributed by atoms with van der Waals surface area (Å²) in [5.41, 5.74) is 8.83. The molecule has 2 N–H and O–H groups in total. The Balaban J connectivity index is 1.80. The third-order valence-corrected chi connectivity index (χ3v) is 4.25. The predicted octanol–water partition coefficient (Wildman–Crippen LogP) is 3.26. The van der Waals surface area contributed by atoms with Crippen LogP contribution in [-0.2, 0) is 0 Å². The Kier molecular flexibility index (Phi) is 4.79. The Bertz CT molecular complexity index is 352. The van der Waals surface area contributed by atoms with Crippen LogP contribution in [0.3, 0.4) is 0 Å². The molecule has 2 heteroatoms. The van der Waals surface area contributed by atoms with Crippen LogP contribution in [0, 0.1) is 6.92 Å². The molecular weight excluding hydrogens is 220 g/mol. The second-order valence-corrected chi connectivity index (χ2v) is 5.72. The largest absolute Gasteiger partial charge is 0.324 e. The molecule has 1 saturated carbocycles. The Labute approximate surface area is 111 Å². The fraction of sp³-hybridized carbons (Fsp3) is 0.625. The number of nitrogens with zero attached hydrogens (tertiary/aromatic N) is 1. The summed E-state index contributed by atoms with van der Waals surface area (Å²) in [6.07, 6.45) is 6.60. The third-order valence-electron chi connectivity index (χ3n) is 4.25. The van der Waals surface area contributed by atoms with Gasteiger partial charge in [-0.3, -0.25) is 0 Å². The topological polar surface area (TPSA) is 29.3 Å². The number of aryl methyl sites for hydroxylation is 1. The maximum absolute atomic E-state index is 6.27. The van der Waals surface area contributed by atoms with Crippen LogP contribution in [0.1, 0.15) is 49.3 Å². The number of benzene rings is 1. The zero-order valence-corrected chi connectivity index (χ0v) is 11.7. The molecule has 1 atom stereocenters. The highest BCUT2D eigenvalue weighted by atomic mass is 15.1. The molecule has 18 heavy (non-hydrogen) atoms. The minimum Gasteiger partial charge on any atom is -0.324 e. The van der Waals surface area contributed by atoms with Crippen LogP contribution in [0.15, 0.2) is 24.3 Å². The van der Waals surface area contributed by atoms with Crippen LogP contribution in [-0.4, -0.2) is 24.5 Å². The molecule has 0 radical (unpaired) electrons. The normalized spacial score (nSPS) is 18.4. The molecule has 1 aromatic rings. The fourth-order valence-electron chi connectivity index (χ4n) is 2.85. The molecule has 0 aromatic heterocycles. The Morgan fingerprint density at radius 3 is 2.44 bits per heavy atom. The highest BCUT2D eigenvalue weighted by Crippen LogP contribution is 2.23. The first-order chi connectivity index (χ1) is 8.66. The van der Waals surface area contributed by atoms with Crippen LogP contribution >= 0.6 is 0 Å². The van der Waals surface area contributed by atoms with Crippen molar-refractivity contribution in [3.8, 4) is 0 Å². The first kappa shape index (κ1) is 13.6. The zero-order valence-electron chi connectivity index (χ0n) is 11.7. The molecule has 1 fully saturated rings. The van der Waals surface area contributed by atoms with Gasteiger partial charge in [0.1, 0.15) is 0 Å². The summed E-state index contributed by atoms with van der Waals surface area (Å²) in [4.78, 5) is 2.50. The van der Waals surface area contributed by atoms with Gasteiger partial charge < -0.3 is 10.6 Å². The number of nitrogens with two attached hydrogens (primary N) is 1. The average Bonchev–Trinajstić information content (AvgIpc) is 2.90. The van der Waals surface area contributed by atoms with E-state index in [1.807, 2.05) is 0 Å². The van der Waals surface area contributed by atoms with Crippen molar-refractivity contribution < 1.29 is 0 Å². The lowest BCUT2D eigenvalue weighted by atomic mass is 10.0. The zero-order chi connectivity index (χ0) is 13.0. The molecular formula is C16H26N2. The van der Waals surface area contributed by atoms with E-state index in [1.54, 1.807) is 0 Å². The van der Waals surface area contributed by atoms with Gasteiger partial charge in [-0.1, -0.05) is 42.7 Å². The van der Waals surface area contributed by atoms with Gasteiger partial charge in [0.05, 0.1) is 0 Å². The van der Waals surface area contributed by atoms with Crippen LogP contribution in [0.2, 0.25) is 0 Å². The standard InChI is InChI=1S/C16H26N2/c1-13-7-9-14(10-8-13)16(17)11-12-18(2)15-5-3-4-6-15/h7-10,15-16H,3-6,11-12,17H2,1-2H3. The number of hydrogen-bond donors (Lipinski definition) is 1. The summed E-state index contributed by atoms with van der Waals surface area (Å²) >= 11 is 0. The van der Waals surface area contributed by atoms with Gasteiger partial charge in [-0.2, -0.15) is 0 Å². The van der Waals surface area contributed by atoms with Crippen molar-refractivity contribution in [3.05, 3.63) is 35.4 Å². The van der Waals surface area contributed by atoms with Crippen molar-refractivity contribution in [2.45, 2.75) is 51.1 Å². The maximum Gasteiger partial charge on any atom is 0.0307 e. The first-order valence-electron chi connectivity index (χ1n) is 7.19. The van der Waals surface area contributed by atoms with E-state index in [0.29, 0.717) is 0 Å². The molecule has 0 heterocycles. The second kappa shape index (κ2) is 6.35. The van der Waals surface area contributed by atoms with Crippen molar-refractivity contribution in [2.24, 2.45) is 5.73 Å². The Morgan fingerprint density at radius 2 is 1.83 bits per heavy atom. The molecule has 1 unspecified atom stereocenters. The Morgan fingerprint density at radius 1 is 1.22 bits per heavy atom. The molecule has 0 aliphatic heterocycles. The van der Waals surface area contributed by atoms with Gasteiger partial charge in [-0.25, -0.2) is 0 Å². The van der Waals surface area contributed by atoms with E-state index in [-0.39, 0.29) is 6.04 Å². The van der Waals surface area contributed by atoms with Gasteiger partial charge in [0.2, 0.25) is 0 Å². The van der Waals surface area contributed by atoms with Crippen LogP contribution in [0.25, 0.3) is 0 Å². The summed E-state index contributed by atoms with van der Waals surface area (Å²) in [5.74, 6) is 0. The average molecular weight is 246 g/mol. The molecule has 1 aliphatic rings. The van der Waals surface area contributed by atoms with E-state index in [1.165, 1.54) is 36.8 Å². The van der Waals surface area contributed by atoms with Crippen molar-refractivity contribution in [1.29, 1.82) is 0 Å². The molecule has 1 aliphatic carbocycles. The predicted molar refractivity (Wildman–Crippen MR) is 77.6 cm³/mol. The van der Waals surface area contributed by atoms with Gasteiger partial charge in [0.25, 0.3) is 0 Å². The SMILES string of the molecule is Cc1ccc(C(N)CCN(C)C2CCCC2)cc1. The third kappa shape index (κ3) is 3.56. The molecule has 0 spiro atoms. The van der Waals surface area contributed by atoms with Gasteiger partial charge in [0.15, 0.2) is 0 Å². The highest BCUT2D eigenvalue weighted by Gasteiger charge is 2.19. The van der Waals surface area contributed by atoms with Crippen LogP contribution in [0.4, 0.5) is 0 Å². The second-order valence-electron chi connectivity index (χ2n) is 5.72. The number of rotatable bonds is 5. The fourth-order valence-corrected chi connectivity index (χ4v) is 2.85. The molecule has 1 aromatic carbocycles. The van der Waals surface area contributed by atoms with E-state index >= 15 is 0 Å². The van der Waals surface area contributed by atoms with Gasteiger partial charge >= 0.3 is 0 Å². The quantitative estimate of drug-likeness (QED) is 0.864. The minimum atomic E-state index is 0.175. The van der Waals surface area contributed by atoms with Crippen LogP contribution < -0.4 is 5.73 Å². The van der Waals surface area contributed by atoms with Crippen molar-refractivity contribution in [2.75, 3.05) is 13.6 Å². The smallest absolute Gasteiger partial charge is 0.0307 e. The van der Waals surface area contributed by atoms with E-state index in [0.717, 1.165) is 19.0 Å². The van der Waals surface area contributed by atoms with Crippen molar-refractivity contribution in [3.63, 3.8) is 0 Å². The van der Waals surface area contributed by atoms with Gasteiger partial charge in [-0.05, 0) is 45.3 Å². The Hall–Kier alpha value is -0.860. The van der Waals surface area contributed by atoms with Gasteiger partial charge in [-0.15, -0.1) is 0 Å². The molecule has 2 nitrogen and oxygen atoms in total. The summed E-state index contributed by atoms with van der Waals surface area (Å²) in [5, 5.41) is 0. The lowest BCUT2D eigenvalue weighted by Crippen LogP contribution is -2.31. The first-order valence-corrected chi connectivity index (χ1v) is 7.19. The molecule has 0 amide bonds. The summed E-state index contributed by atoms with van der Waals surface area (Å²) in [6, 6.07) is 9.60. The van der Waals surface area contributed by atoms with E-state index in [9.17, 15) is 0 Å². The van der Waals surface area contributed by atoms with Crippen molar-refractivity contribution in [1.82, 2.24) is 4.90 Å². The van der Waals surface area contributed by atoms with Crippen LogP contribution in [0.5, 0.6) is 0 Å².